The molecule has 0 radical (unpaired) electrons. The van der Waals surface area contributed by atoms with Gasteiger partial charge in [0.1, 0.15) is 10.8 Å². The minimum Gasteiger partial charge on any atom is -0.360 e. The fourth-order valence-electron chi connectivity index (χ4n) is 2.36. The third kappa shape index (κ3) is 3.91. The lowest BCUT2D eigenvalue weighted by Gasteiger charge is -2.07. The number of rotatable bonds is 6. The van der Waals surface area contributed by atoms with E-state index in [0.717, 1.165) is 21.4 Å². The van der Waals surface area contributed by atoms with Crippen molar-refractivity contribution in [3.63, 3.8) is 0 Å². The van der Waals surface area contributed by atoms with Gasteiger partial charge in [-0.25, -0.2) is 0 Å². The number of hydrogen-bond acceptors (Lipinski definition) is 7. The SMILES string of the molecule is Cc1cc(CSc2ccccc2C(=O)Nc2nnc(C3CC3)s2)on1. The van der Waals surface area contributed by atoms with E-state index in [9.17, 15) is 4.79 Å². The minimum absolute atomic E-state index is 0.171. The first kappa shape index (κ1) is 16.3. The number of nitrogens with zero attached hydrogens (tertiary/aromatic N) is 3. The van der Waals surface area contributed by atoms with Gasteiger partial charge in [0.2, 0.25) is 5.13 Å². The number of hydrogen-bond donors (Lipinski definition) is 1. The molecule has 1 aliphatic carbocycles. The van der Waals surface area contributed by atoms with Gasteiger partial charge in [0.15, 0.2) is 0 Å². The topological polar surface area (TPSA) is 80.9 Å². The van der Waals surface area contributed by atoms with Crippen LogP contribution in [0.25, 0.3) is 0 Å². The average molecular weight is 372 g/mol. The zero-order chi connectivity index (χ0) is 17.2. The molecular formula is C17H16N4O2S2. The van der Waals surface area contributed by atoms with Crippen molar-refractivity contribution < 1.29 is 9.32 Å². The van der Waals surface area contributed by atoms with Crippen molar-refractivity contribution >= 4 is 34.1 Å². The summed E-state index contributed by atoms with van der Waals surface area (Å²) in [5.41, 5.74) is 1.47. The van der Waals surface area contributed by atoms with E-state index in [0.29, 0.717) is 22.4 Å². The van der Waals surface area contributed by atoms with Gasteiger partial charge in [-0.2, -0.15) is 0 Å². The number of benzene rings is 1. The van der Waals surface area contributed by atoms with E-state index in [1.807, 2.05) is 37.3 Å². The zero-order valence-corrected chi connectivity index (χ0v) is 15.2. The van der Waals surface area contributed by atoms with Crippen LogP contribution in [0.5, 0.6) is 0 Å². The highest BCUT2D eigenvalue weighted by Crippen LogP contribution is 2.42. The Morgan fingerprint density at radius 3 is 2.96 bits per heavy atom. The first-order valence-corrected chi connectivity index (χ1v) is 9.78. The van der Waals surface area contributed by atoms with Gasteiger partial charge in [-0.05, 0) is 31.9 Å². The van der Waals surface area contributed by atoms with Gasteiger partial charge in [-0.1, -0.05) is 28.6 Å². The van der Waals surface area contributed by atoms with Gasteiger partial charge in [0, 0.05) is 16.9 Å². The van der Waals surface area contributed by atoms with E-state index < -0.39 is 0 Å². The fraction of sp³-hybridized carbons (Fsp3) is 0.294. The van der Waals surface area contributed by atoms with Gasteiger partial charge in [-0.15, -0.1) is 22.0 Å². The average Bonchev–Trinajstić information content (AvgIpc) is 3.23. The molecule has 1 amide bonds. The highest BCUT2D eigenvalue weighted by Gasteiger charge is 2.28. The second-order valence-corrected chi connectivity index (χ2v) is 7.92. The maximum atomic E-state index is 12.6. The van der Waals surface area contributed by atoms with Gasteiger partial charge < -0.3 is 4.52 Å². The summed E-state index contributed by atoms with van der Waals surface area (Å²) in [6.45, 7) is 1.89. The Bertz CT molecular complexity index is 901. The van der Waals surface area contributed by atoms with Crippen LogP contribution < -0.4 is 5.32 Å². The Labute approximate surface area is 153 Å². The largest absolute Gasteiger partial charge is 0.360 e. The van der Waals surface area contributed by atoms with E-state index in [2.05, 4.69) is 20.7 Å². The van der Waals surface area contributed by atoms with Crippen LogP contribution in [0, 0.1) is 6.92 Å². The van der Waals surface area contributed by atoms with E-state index in [4.69, 9.17) is 4.52 Å². The fourth-order valence-corrected chi connectivity index (χ4v) is 4.19. The number of aromatic nitrogens is 3. The maximum absolute atomic E-state index is 12.6. The van der Waals surface area contributed by atoms with Crippen molar-refractivity contribution in [1.82, 2.24) is 15.4 Å². The minimum atomic E-state index is -0.171. The standard InChI is InChI=1S/C17H16N4O2S2/c1-10-8-12(23-21-10)9-24-14-5-3-2-4-13(14)15(22)18-17-20-19-16(25-17)11-6-7-11/h2-5,8,11H,6-7,9H2,1H3,(H,18,20,22). The third-order valence-corrected chi connectivity index (χ3v) is 5.86. The molecule has 0 atom stereocenters. The highest BCUT2D eigenvalue weighted by atomic mass is 32.2. The molecule has 0 unspecified atom stereocenters. The van der Waals surface area contributed by atoms with Crippen molar-refractivity contribution in [3.8, 4) is 0 Å². The molecule has 25 heavy (non-hydrogen) atoms. The Morgan fingerprint density at radius 1 is 1.36 bits per heavy atom. The summed E-state index contributed by atoms with van der Waals surface area (Å²) in [7, 11) is 0. The summed E-state index contributed by atoms with van der Waals surface area (Å²) in [6.07, 6.45) is 2.34. The van der Waals surface area contributed by atoms with Crippen molar-refractivity contribution in [2.45, 2.75) is 36.3 Å². The van der Waals surface area contributed by atoms with Crippen molar-refractivity contribution in [2.75, 3.05) is 5.32 Å². The molecule has 0 saturated heterocycles. The van der Waals surface area contributed by atoms with Crippen LogP contribution in [-0.2, 0) is 5.75 Å². The third-order valence-electron chi connectivity index (χ3n) is 3.77. The molecule has 0 spiro atoms. The lowest BCUT2D eigenvalue weighted by Crippen LogP contribution is -2.12. The lowest BCUT2D eigenvalue weighted by atomic mass is 10.2. The summed E-state index contributed by atoms with van der Waals surface area (Å²) in [6, 6.07) is 9.41. The van der Waals surface area contributed by atoms with Crippen LogP contribution in [0.3, 0.4) is 0 Å². The molecule has 2 heterocycles. The number of amides is 1. The molecule has 1 N–H and O–H groups in total. The predicted octanol–water partition coefficient (Wildman–Crippen LogP) is 4.26. The van der Waals surface area contributed by atoms with Crippen LogP contribution in [0.15, 0.2) is 39.8 Å². The second kappa shape index (κ2) is 6.97. The van der Waals surface area contributed by atoms with Crippen molar-refractivity contribution in [3.05, 3.63) is 52.4 Å². The summed E-state index contributed by atoms with van der Waals surface area (Å²) < 4.78 is 5.23. The molecule has 1 aromatic carbocycles. The summed E-state index contributed by atoms with van der Waals surface area (Å²) in [5, 5.41) is 16.5. The summed E-state index contributed by atoms with van der Waals surface area (Å²) in [4.78, 5) is 13.5. The second-order valence-electron chi connectivity index (χ2n) is 5.89. The zero-order valence-electron chi connectivity index (χ0n) is 13.6. The van der Waals surface area contributed by atoms with Gasteiger partial charge in [0.05, 0.1) is 17.0 Å². The van der Waals surface area contributed by atoms with Crippen LogP contribution in [-0.4, -0.2) is 21.3 Å². The molecule has 128 valence electrons. The quantitative estimate of drug-likeness (QED) is 0.651. The Morgan fingerprint density at radius 2 is 2.20 bits per heavy atom. The van der Waals surface area contributed by atoms with Crippen LogP contribution in [0.2, 0.25) is 0 Å². The van der Waals surface area contributed by atoms with E-state index in [1.54, 1.807) is 11.8 Å². The van der Waals surface area contributed by atoms with Crippen LogP contribution in [0.1, 0.15) is 45.6 Å². The number of nitrogens with one attached hydrogen (secondary N) is 1. The molecule has 1 saturated carbocycles. The molecule has 3 aromatic rings. The van der Waals surface area contributed by atoms with E-state index in [1.165, 1.54) is 24.2 Å². The van der Waals surface area contributed by atoms with Crippen molar-refractivity contribution in [2.24, 2.45) is 0 Å². The van der Waals surface area contributed by atoms with Crippen LogP contribution >= 0.6 is 23.1 Å². The number of carbonyl (C=O) groups excluding carboxylic acids is 1. The number of anilines is 1. The molecular weight excluding hydrogens is 356 g/mol. The number of thioether (sulfide) groups is 1. The van der Waals surface area contributed by atoms with E-state index in [-0.39, 0.29) is 5.91 Å². The lowest BCUT2D eigenvalue weighted by molar-refractivity contribution is 0.102. The molecule has 2 aromatic heterocycles. The number of carbonyl (C=O) groups is 1. The van der Waals surface area contributed by atoms with Crippen LogP contribution in [0.4, 0.5) is 5.13 Å². The molecule has 8 heteroatoms. The molecule has 1 fully saturated rings. The molecule has 1 aliphatic rings. The smallest absolute Gasteiger partial charge is 0.258 e. The molecule has 0 bridgehead atoms. The molecule has 4 rings (SSSR count). The monoisotopic (exact) mass is 372 g/mol. The first-order chi connectivity index (χ1) is 12.2. The Kier molecular flexibility index (Phi) is 4.54. The van der Waals surface area contributed by atoms with Gasteiger partial charge >= 0.3 is 0 Å². The number of aryl methyl sites for hydroxylation is 1. The summed E-state index contributed by atoms with van der Waals surface area (Å²) in [5.74, 6) is 1.78. The van der Waals surface area contributed by atoms with E-state index >= 15 is 0 Å². The normalized spacial score (nSPS) is 13.8. The van der Waals surface area contributed by atoms with Gasteiger partial charge in [-0.3, -0.25) is 10.1 Å². The predicted molar refractivity (Wildman–Crippen MR) is 97.1 cm³/mol. The maximum Gasteiger partial charge on any atom is 0.258 e. The first-order valence-electron chi connectivity index (χ1n) is 7.98. The Hall–Kier alpha value is -2.19. The van der Waals surface area contributed by atoms with Gasteiger partial charge in [0.25, 0.3) is 5.91 Å². The molecule has 6 nitrogen and oxygen atoms in total. The highest BCUT2D eigenvalue weighted by molar-refractivity contribution is 7.98. The Balaban J connectivity index is 1.45. The summed E-state index contributed by atoms with van der Waals surface area (Å²) >= 11 is 3.01. The molecule has 0 aliphatic heterocycles. The van der Waals surface area contributed by atoms with Crippen molar-refractivity contribution in [1.29, 1.82) is 0 Å².